The minimum absolute atomic E-state index is 1.34. The van der Waals surface area contributed by atoms with Crippen molar-refractivity contribution in [3.05, 3.63) is 0 Å². The van der Waals surface area contributed by atoms with Crippen molar-refractivity contribution in [2.45, 2.75) is 112 Å². The molecular formula is C25H56N2+2. The molecule has 0 aliphatic heterocycles. The molecule has 0 saturated carbocycles. The van der Waals surface area contributed by atoms with Gasteiger partial charge in [-0.1, -0.05) is 48.0 Å². The molecular weight excluding hydrogens is 328 g/mol. The van der Waals surface area contributed by atoms with Gasteiger partial charge in [0.05, 0.1) is 52.4 Å². The van der Waals surface area contributed by atoms with Crippen molar-refractivity contribution < 1.29 is 8.97 Å². The monoisotopic (exact) mass is 384 g/mol. The highest BCUT2D eigenvalue weighted by Crippen LogP contribution is 2.17. The van der Waals surface area contributed by atoms with E-state index in [-0.39, 0.29) is 0 Å². The van der Waals surface area contributed by atoms with Gasteiger partial charge in [-0.2, -0.15) is 0 Å². The second kappa shape index (κ2) is 16.8. The van der Waals surface area contributed by atoms with E-state index in [4.69, 9.17) is 0 Å². The van der Waals surface area contributed by atoms with Crippen LogP contribution in [0.2, 0.25) is 0 Å². The van der Waals surface area contributed by atoms with Gasteiger partial charge in [-0.05, 0) is 64.2 Å². The van der Waals surface area contributed by atoms with E-state index in [9.17, 15) is 0 Å². The van der Waals surface area contributed by atoms with Crippen LogP contribution in [0.5, 0.6) is 0 Å². The lowest BCUT2D eigenvalue weighted by molar-refractivity contribution is -0.928. The smallest absolute Gasteiger partial charge is 0.0786 e. The molecule has 0 saturated heterocycles. The molecule has 0 aromatic heterocycles. The predicted molar refractivity (Wildman–Crippen MR) is 124 cm³/mol. The molecule has 0 unspecified atom stereocenters. The average molecular weight is 385 g/mol. The average Bonchev–Trinajstić information content (AvgIpc) is 2.62. The first-order valence-corrected chi connectivity index (χ1v) is 12.8. The molecule has 0 heterocycles. The lowest BCUT2D eigenvalue weighted by atomic mass is 10.1. The van der Waals surface area contributed by atoms with Gasteiger partial charge in [0.2, 0.25) is 0 Å². The maximum absolute atomic E-state index is 2.37. The highest BCUT2D eigenvalue weighted by molar-refractivity contribution is 4.51. The Morgan fingerprint density at radius 1 is 0.296 bits per heavy atom. The Hall–Kier alpha value is -0.0800. The molecule has 164 valence electrons. The van der Waals surface area contributed by atoms with E-state index < -0.39 is 0 Å². The molecule has 0 aromatic carbocycles. The van der Waals surface area contributed by atoms with Crippen LogP contribution in [0, 0.1) is 0 Å². The fraction of sp³-hybridized carbons (Fsp3) is 1.00. The zero-order chi connectivity index (χ0) is 20.4. The van der Waals surface area contributed by atoms with Crippen molar-refractivity contribution in [1.82, 2.24) is 0 Å². The summed E-state index contributed by atoms with van der Waals surface area (Å²) in [4.78, 5) is 0. The van der Waals surface area contributed by atoms with Crippen LogP contribution in [0.3, 0.4) is 0 Å². The van der Waals surface area contributed by atoms with Crippen LogP contribution in [0.15, 0.2) is 0 Å². The van der Waals surface area contributed by atoms with E-state index in [0.29, 0.717) is 0 Å². The van der Waals surface area contributed by atoms with Gasteiger partial charge in [0, 0.05) is 0 Å². The fourth-order valence-corrected chi connectivity index (χ4v) is 5.61. The van der Waals surface area contributed by atoms with Crippen LogP contribution in [0.4, 0.5) is 0 Å². The van der Waals surface area contributed by atoms with Crippen molar-refractivity contribution in [2.75, 3.05) is 52.4 Å². The molecule has 2 heteroatoms. The topological polar surface area (TPSA) is 0 Å². The Morgan fingerprint density at radius 2 is 0.519 bits per heavy atom. The van der Waals surface area contributed by atoms with Gasteiger partial charge < -0.3 is 8.97 Å². The van der Waals surface area contributed by atoms with Gasteiger partial charge >= 0.3 is 0 Å². The minimum atomic E-state index is 1.34. The Kier molecular flexibility index (Phi) is 16.8. The molecule has 0 spiro atoms. The Balaban J connectivity index is 4.24. The molecule has 27 heavy (non-hydrogen) atoms. The lowest BCUT2D eigenvalue weighted by Crippen LogP contribution is -2.50. The van der Waals surface area contributed by atoms with Gasteiger partial charge in [-0.3, -0.25) is 0 Å². The third kappa shape index (κ3) is 11.5. The fourth-order valence-electron chi connectivity index (χ4n) is 5.61. The van der Waals surface area contributed by atoms with Crippen molar-refractivity contribution in [3.63, 3.8) is 0 Å². The van der Waals surface area contributed by atoms with Crippen LogP contribution in [0.1, 0.15) is 112 Å². The van der Waals surface area contributed by atoms with Crippen molar-refractivity contribution in [1.29, 1.82) is 0 Å². The van der Waals surface area contributed by atoms with Crippen LogP contribution < -0.4 is 0 Å². The van der Waals surface area contributed by atoms with E-state index in [1.807, 2.05) is 0 Å². The SMILES string of the molecule is CCC[N+](CCC)(CCC)CCCCCCC[N+](CCC)(CCC)CCC. The number of nitrogens with zero attached hydrogens (tertiary/aromatic N) is 2. The molecule has 0 atom stereocenters. The molecule has 0 aromatic rings. The standard InChI is InChI=1S/C25H56N2/c1-7-18-26(19-8-2,20-9-3)24-16-14-13-15-17-25-27(21-10-4,22-11-5)23-12-6/h7-25H2,1-6H3/q+2. The van der Waals surface area contributed by atoms with Crippen molar-refractivity contribution in [3.8, 4) is 0 Å². The van der Waals surface area contributed by atoms with E-state index in [1.54, 1.807) is 0 Å². The zero-order valence-corrected chi connectivity index (χ0v) is 20.3. The van der Waals surface area contributed by atoms with Crippen LogP contribution in [-0.2, 0) is 0 Å². The maximum atomic E-state index is 2.37. The zero-order valence-electron chi connectivity index (χ0n) is 20.3. The molecule has 0 rings (SSSR count). The molecule has 0 N–H and O–H groups in total. The summed E-state index contributed by atoms with van der Waals surface area (Å²) in [6.45, 7) is 25.4. The van der Waals surface area contributed by atoms with Gasteiger partial charge in [0.1, 0.15) is 0 Å². The molecule has 0 radical (unpaired) electrons. The Bertz CT molecular complexity index is 249. The van der Waals surface area contributed by atoms with E-state index in [2.05, 4.69) is 41.5 Å². The summed E-state index contributed by atoms with van der Waals surface area (Å²) in [6.07, 6.45) is 15.3. The molecule has 0 fully saturated rings. The molecule has 0 amide bonds. The molecule has 0 bridgehead atoms. The summed E-state index contributed by atoms with van der Waals surface area (Å²) >= 11 is 0. The highest BCUT2D eigenvalue weighted by Gasteiger charge is 2.25. The van der Waals surface area contributed by atoms with E-state index in [0.717, 1.165) is 0 Å². The largest absolute Gasteiger partial charge is 0.324 e. The van der Waals surface area contributed by atoms with Crippen molar-refractivity contribution >= 4 is 0 Å². The molecule has 0 aliphatic carbocycles. The Morgan fingerprint density at radius 3 is 0.741 bits per heavy atom. The number of unbranched alkanes of at least 4 members (excludes halogenated alkanes) is 4. The molecule has 0 aliphatic rings. The van der Waals surface area contributed by atoms with Crippen LogP contribution >= 0.6 is 0 Å². The Labute approximate surface area is 173 Å². The third-order valence-electron chi connectivity index (χ3n) is 6.45. The molecule has 2 nitrogen and oxygen atoms in total. The van der Waals surface area contributed by atoms with E-state index >= 15 is 0 Å². The van der Waals surface area contributed by atoms with Crippen LogP contribution in [0.25, 0.3) is 0 Å². The number of rotatable bonds is 20. The van der Waals surface area contributed by atoms with E-state index in [1.165, 1.54) is 132 Å². The van der Waals surface area contributed by atoms with Gasteiger partial charge in [0.15, 0.2) is 0 Å². The number of quaternary nitrogens is 2. The summed E-state index contributed by atoms with van der Waals surface area (Å²) in [5.74, 6) is 0. The van der Waals surface area contributed by atoms with Gasteiger partial charge in [-0.15, -0.1) is 0 Å². The normalized spacial score (nSPS) is 12.7. The predicted octanol–water partition coefficient (Wildman–Crippen LogP) is 7.03. The lowest BCUT2D eigenvalue weighted by Gasteiger charge is -2.39. The first-order chi connectivity index (χ1) is 13.1. The third-order valence-corrected chi connectivity index (χ3v) is 6.45. The quantitative estimate of drug-likeness (QED) is 0.156. The number of hydrogen-bond donors (Lipinski definition) is 0. The number of hydrogen-bond acceptors (Lipinski definition) is 0. The van der Waals surface area contributed by atoms with Crippen LogP contribution in [-0.4, -0.2) is 61.3 Å². The summed E-state index contributed by atoms with van der Waals surface area (Å²) in [6, 6.07) is 0. The first kappa shape index (κ1) is 26.9. The van der Waals surface area contributed by atoms with Crippen molar-refractivity contribution in [2.24, 2.45) is 0 Å². The minimum Gasteiger partial charge on any atom is -0.324 e. The summed E-state index contributed by atoms with van der Waals surface area (Å²) in [5, 5.41) is 0. The maximum Gasteiger partial charge on any atom is 0.0786 e. The second-order valence-corrected chi connectivity index (χ2v) is 9.24. The summed E-state index contributed by atoms with van der Waals surface area (Å²) < 4.78 is 2.79. The summed E-state index contributed by atoms with van der Waals surface area (Å²) in [5.41, 5.74) is 0. The van der Waals surface area contributed by atoms with Gasteiger partial charge in [0.25, 0.3) is 0 Å². The second-order valence-electron chi connectivity index (χ2n) is 9.24. The highest BCUT2D eigenvalue weighted by atomic mass is 15.3. The summed E-state index contributed by atoms with van der Waals surface area (Å²) in [7, 11) is 0. The van der Waals surface area contributed by atoms with Gasteiger partial charge in [-0.25, -0.2) is 0 Å². The first-order valence-electron chi connectivity index (χ1n) is 12.8.